The van der Waals surface area contributed by atoms with Gasteiger partial charge in [-0.1, -0.05) is 37.3 Å². The van der Waals surface area contributed by atoms with Crippen molar-refractivity contribution in [2.75, 3.05) is 11.5 Å². The quantitative estimate of drug-likeness (QED) is 0.714. The van der Waals surface area contributed by atoms with E-state index in [-0.39, 0.29) is 17.5 Å². The molecule has 3 aromatic rings. The molecule has 0 spiro atoms. The highest BCUT2D eigenvalue weighted by atomic mass is 32.2. The van der Waals surface area contributed by atoms with Gasteiger partial charge in [0.05, 0.1) is 29.6 Å². The average molecular weight is 356 g/mol. The Hall–Kier alpha value is -2.34. The van der Waals surface area contributed by atoms with Crippen molar-refractivity contribution >= 4 is 9.84 Å². The summed E-state index contributed by atoms with van der Waals surface area (Å²) < 4.78 is 31.8. The van der Waals surface area contributed by atoms with E-state index in [1.54, 1.807) is 6.33 Å². The molecule has 25 heavy (non-hydrogen) atoms. The first-order valence-electron chi connectivity index (χ1n) is 8.49. The summed E-state index contributed by atoms with van der Waals surface area (Å²) in [7, 11) is -2.98. The molecule has 130 valence electrons. The van der Waals surface area contributed by atoms with Gasteiger partial charge in [0.2, 0.25) is 0 Å². The molecular formula is C19H20N2O3S. The summed E-state index contributed by atoms with van der Waals surface area (Å²) in [6.07, 6.45) is 3.17. The van der Waals surface area contributed by atoms with E-state index in [0.717, 1.165) is 34.9 Å². The topological polar surface area (TPSA) is 65.1 Å². The van der Waals surface area contributed by atoms with Crippen molar-refractivity contribution in [2.24, 2.45) is 0 Å². The normalized spacial score (nSPS) is 19.3. The van der Waals surface area contributed by atoms with Gasteiger partial charge in [-0.2, -0.15) is 0 Å². The molecule has 1 aromatic carbocycles. The number of furan rings is 1. The van der Waals surface area contributed by atoms with Crippen LogP contribution in [0.2, 0.25) is 0 Å². The van der Waals surface area contributed by atoms with Gasteiger partial charge >= 0.3 is 0 Å². The van der Waals surface area contributed by atoms with Crippen molar-refractivity contribution in [2.45, 2.75) is 25.8 Å². The predicted octanol–water partition coefficient (Wildman–Crippen LogP) is 3.73. The van der Waals surface area contributed by atoms with Crippen molar-refractivity contribution in [1.29, 1.82) is 0 Å². The Morgan fingerprint density at radius 3 is 2.64 bits per heavy atom. The molecule has 4 rings (SSSR count). The molecule has 1 aliphatic heterocycles. The van der Waals surface area contributed by atoms with Crippen LogP contribution < -0.4 is 0 Å². The summed E-state index contributed by atoms with van der Waals surface area (Å²) in [4.78, 5) is 4.60. The summed E-state index contributed by atoms with van der Waals surface area (Å²) in [5.41, 5.74) is 2.67. The number of hydrogen-bond donors (Lipinski definition) is 0. The molecule has 3 heterocycles. The van der Waals surface area contributed by atoms with Crippen molar-refractivity contribution in [3.05, 3.63) is 54.6 Å². The first-order valence-corrected chi connectivity index (χ1v) is 10.3. The van der Waals surface area contributed by atoms with Crippen LogP contribution in [-0.2, 0) is 16.3 Å². The van der Waals surface area contributed by atoms with Crippen molar-refractivity contribution in [1.82, 2.24) is 9.55 Å². The summed E-state index contributed by atoms with van der Waals surface area (Å²) in [6.45, 7) is 2.04. The molecule has 0 unspecified atom stereocenters. The number of hydrogen-bond acceptors (Lipinski definition) is 4. The van der Waals surface area contributed by atoms with Gasteiger partial charge in [0, 0.05) is 12.0 Å². The molecule has 1 atom stereocenters. The highest BCUT2D eigenvalue weighted by Gasteiger charge is 2.32. The summed E-state index contributed by atoms with van der Waals surface area (Å²) in [5, 5.41) is 0. The molecule has 1 saturated heterocycles. The third-order valence-corrected chi connectivity index (χ3v) is 6.44. The van der Waals surface area contributed by atoms with E-state index < -0.39 is 9.84 Å². The number of aromatic nitrogens is 2. The number of sulfone groups is 1. The Labute approximate surface area is 147 Å². The fraction of sp³-hybridized carbons (Fsp3) is 0.316. The van der Waals surface area contributed by atoms with Crippen LogP contribution in [-0.4, -0.2) is 29.5 Å². The molecular weight excluding hydrogens is 336 g/mol. The Kier molecular flexibility index (Phi) is 4.00. The summed E-state index contributed by atoms with van der Waals surface area (Å²) in [5.74, 6) is 2.03. The van der Waals surface area contributed by atoms with Crippen LogP contribution in [0.1, 0.15) is 25.1 Å². The number of imidazole rings is 1. The highest BCUT2D eigenvalue weighted by molar-refractivity contribution is 7.91. The first kappa shape index (κ1) is 16.1. The molecule has 1 aliphatic rings. The van der Waals surface area contributed by atoms with Crippen LogP contribution in [0.5, 0.6) is 0 Å². The van der Waals surface area contributed by atoms with Gasteiger partial charge in [0.15, 0.2) is 15.6 Å². The monoisotopic (exact) mass is 356 g/mol. The second-order valence-electron chi connectivity index (χ2n) is 6.39. The average Bonchev–Trinajstić information content (AvgIpc) is 3.32. The second kappa shape index (κ2) is 6.19. The van der Waals surface area contributed by atoms with Gasteiger partial charge in [0.1, 0.15) is 11.5 Å². The van der Waals surface area contributed by atoms with E-state index in [4.69, 9.17) is 4.42 Å². The SMILES string of the molecule is CCc1ccc(-c2c(-c3ccccc3)ncn2[C@H]2CCS(=O)(=O)C2)o1. The lowest BCUT2D eigenvalue weighted by molar-refractivity contribution is 0.510. The van der Waals surface area contributed by atoms with Gasteiger partial charge < -0.3 is 8.98 Å². The minimum absolute atomic E-state index is 0.0971. The lowest BCUT2D eigenvalue weighted by atomic mass is 10.1. The van der Waals surface area contributed by atoms with E-state index in [0.29, 0.717) is 6.42 Å². The maximum absolute atomic E-state index is 11.9. The molecule has 0 saturated carbocycles. The van der Waals surface area contributed by atoms with Crippen LogP contribution >= 0.6 is 0 Å². The molecule has 0 N–H and O–H groups in total. The van der Waals surface area contributed by atoms with Gasteiger partial charge in [-0.25, -0.2) is 13.4 Å². The molecule has 0 aliphatic carbocycles. The zero-order valence-electron chi connectivity index (χ0n) is 14.1. The minimum Gasteiger partial charge on any atom is -0.459 e. The number of aryl methyl sites for hydroxylation is 1. The maximum Gasteiger partial charge on any atom is 0.152 e. The third kappa shape index (κ3) is 3.02. The van der Waals surface area contributed by atoms with Crippen LogP contribution in [0.25, 0.3) is 22.7 Å². The van der Waals surface area contributed by atoms with Crippen LogP contribution in [0, 0.1) is 0 Å². The number of benzene rings is 1. The fourth-order valence-electron chi connectivity index (χ4n) is 3.38. The van der Waals surface area contributed by atoms with E-state index in [1.807, 2.05) is 54.0 Å². The highest BCUT2D eigenvalue weighted by Crippen LogP contribution is 2.36. The van der Waals surface area contributed by atoms with Gasteiger partial charge in [-0.3, -0.25) is 0 Å². The van der Waals surface area contributed by atoms with Crippen LogP contribution in [0.4, 0.5) is 0 Å². The zero-order valence-corrected chi connectivity index (χ0v) is 14.9. The van der Waals surface area contributed by atoms with Crippen molar-refractivity contribution < 1.29 is 12.8 Å². The Morgan fingerprint density at radius 1 is 1.20 bits per heavy atom. The molecule has 0 radical (unpaired) electrons. The standard InChI is InChI=1S/C19H20N2O3S/c1-2-16-8-9-17(24-16)19-18(14-6-4-3-5-7-14)20-13-21(19)15-10-11-25(22,23)12-15/h3-9,13,15H,2,10-12H2,1H3/t15-/m0/s1. The predicted molar refractivity (Wildman–Crippen MR) is 97.1 cm³/mol. The molecule has 0 amide bonds. The lowest BCUT2D eigenvalue weighted by Crippen LogP contribution is -2.11. The molecule has 6 heteroatoms. The number of nitrogens with zero attached hydrogens (tertiary/aromatic N) is 2. The van der Waals surface area contributed by atoms with E-state index in [9.17, 15) is 8.42 Å². The van der Waals surface area contributed by atoms with Crippen molar-refractivity contribution in [3.8, 4) is 22.7 Å². The summed E-state index contributed by atoms with van der Waals surface area (Å²) in [6, 6.07) is 13.7. The van der Waals surface area contributed by atoms with E-state index >= 15 is 0 Å². The van der Waals surface area contributed by atoms with Crippen LogP contribution in [0.15, 0.2) is 53.2 Å². The molecule has 2 aromatic heterocycles. The maximum atomic E-state index is 11.9. The molecule has 5 nitrogen and oxygen atoms in total. The van der Waals surface area contributed by atoms with E-state index in [2.05, 4.69) is 4.98 Å². The van der Waals surface area contributed by atoms with Crippen LogP contribution in [0.3, 0.4) is 0 Å². The summed E-state index contributed by atoms with van der Waals surface area (Å²) >= 11 is 0. The Bertz CT molecular complexity index is 987. The first-order chi connectivity index (χ1) is 12.1. The second-order valence-corrected chi connectivity index (χ2v) is 8.62. The fourth-order valence-corrected chi connectivity index (χ4v) is 5.09. The lowest BCUT2D eigenvalue weighted by Gasteiger charge is -2.14. The zero-order chi connectivity index (χ0) is 17.4. The largest absolute Gasteiger partial charge is 0.459 e. The molecule has 0 bridgehead atoms. The smallest absolute Gasteiger partial charge is 0.152 e. The van der Waals surface area contributed by atoms with Gasteiger partial charge in [-0.05, 0) is 18.6 Å². The van der Waals surface area contributed by atoms with E-state index in [1.165, 1.54) is 0 Å². The van der Waals surface area contributed by atoms with Crippen molar-refractivity contribution in [3.63, 3.8) is 0 Å². The Morgan fingerprint density at radius 2 is 2.00 bits per heavy atom. The minimum atomic E-state index is -2.98. The molecule has 1 fully saturated rings. The Balaban J connectivity index is 1.86. The van der Waals surface area contributed by atoms with Gasteiger partial charge in [-0.15, -0.1) is 0 Å². The number of rotatable bonds is 4. The van der Waals surface area contributed by atoms with Gasteiger partial charge in [0.25, 0.3) is 0 Å². The third-order valence-electron chi connectivity index (χ3n) is 4.69.